The molecule has 1 heterocycles. The van der Waals surface area contributed by atoms with E-state index >= 15 is 0 Å². The summed E-state index contributed by atoms with van der Waals surface area (Å²) >= 11 is 0. The van der Waals surface area contributed by atoms with E-state index in [0.717, 1.165) is 13.0 Å². The zero-order chi connectivity index (χ0) is 16.0. The fourth-order valence-electron chi connectivity index (χ4n) is 2.38. The van der Waals surface area contributed by atoms with Crippen LogP contribution < -0.4 is 5.32 Å². The monoisotopic (exact) mass is 308 g/mol. The SMILES string of the molecule is CC(CN1CCCC(OC(F)F)C1)NC(=O)OC(C)(C)C. The minimum Gasteiger partial charge on any atom is -0.444 e. The van der Waals surface area contributed by atoms with Crippen LogP contribution in [0.1, 0.15) is 40.5 Å². The van der Waals surface area contributed by atoms with Crippen molar-refractivity contribution in [2.24, 2.45) is 0 Å². The van der Waals surface area contributed by atoms with Gasteiger partial charge in [-0.1, -0.05) is 0 Å². The number of nitrogens with one attached hydrogen (secondary N) is 1. The van der Waals surface area contributed by atoms with Gasteiger partial charge in [-0.15, -0.1) is 0 Å². The highest BCUT2D eigenvalue weighted by Crippen LogP contribution is 2.16. The number of rotatable bonds is 5. The molecular weight excluding hydrogens is 282 g/mol. The van der Waals surface area contributed by atoms with E-state index in [9.17, 15) is 13.6 Å². The molecule has 1 saturated heterocycles. The van der Waals surface area contributed by atoms with Crippen molar-refractivity contribution < 1.29 is 23.0 Å². The highest BCUT2D eigenvalue weighted by Gasteiger charge is 2.25. The first-order chi connectivity index (χ1) is 9.65. The zero-order valence-electron chi connectivity index (χ0n) is 13.2. The van der Waals surface area contributed by atoms with Crippen LogP contribution in [0.15, 0.2) is 0 Å². The lowest BCUT2D eigenvalue weighted by atomic mass is 10.1. The standard InChI is InChI=1S/C14H26F2N2O3/c1-10(17-13(19)21-14(2,3)4)8-18-7-5-6-11(9-18)20-12(15)16/h10-12H,5-9H2,1-4H3,(H,17,19). The number of alkyl carbamates (subject to hydrolysis) is 1. The Bertz CT molecular complexity index is 335. The smallest absolute Gasteiger partial charge is 0.407 e. The van der Waals surface area contributed by atoms with Crippen molar-refractivity contribution in [1.29, 1.82) is 0 Å². The minimum absolute atomic E-state index is 0.120. The molecule has 0 aromatic rings. The van der Waals surface area contributed by atoms with Crippen molar-refractivity contribution in [2.75, 3.05) is 19.6 Å². The third kappa shape index (κ3) is 8.16. The fraction of sp³-hybridized carbons (Fsp3) is 0.929. The Morgan fingerprint density at radius 3 is 2.67 bits per heavy atom. The third-order valence-electron chi connectivity index (χ3n) is 3.05. The van der Waals surface area contributed by atoms with Gasteiger partial charge in [-0.2, -0.15) is 8.78 Å². The van der Waals surface area contributed by atoms with E-state index in [0.29, 0.717) is 19.5 Å². The van der Waals surface area contributed by atoms with Gasteiger partial charge >= 0.3 is 12.7 Å². The van der Waals surface area contributed by atoms with Gasteiger partial charge in [0.1, 0.15) is 5.60 Å². The second-order valence-corrected chi connectivity index (χ2v) is 6.47. The lowest BCUT2D eigenvalue weighted by molar-refractivity contribution is -0.174. The second kappa shape index (κ2) is 7.89. The first kappa shape index (κ1) is 18.1. The van der Waals surface area contributed by atoms with Crippen molar-refractivity contribution in [3.63, 3.8) is 0 Å². The molecule has 1 rings (SSSR count). The van der Waals surface area contributed by atoms with Crippen LogP contribution in [0.4, 0.5) is 13.6 Å². The Kier molecular flexibility index (Phi) is 6.80. The summed E-state index contributed by atoms with van der Waals surface area (Å²) in [6, 6.07) is -0.120. The van der Waals surface area contributed by atoms with Crippen molar-refractivity contribution in [3.8, 4) is 0 Å². The van der Waals surface area contributed by atoms with Gasteiger partial charge in [0, 0.05) is 19.1 Å². The number of halogens is 2. The second-order valence-electron chi connectivity index (χ2n) is 6.47. The van der Waals surface area contributed by atoms with Crippen LogP contribution in [-0.4, -0.2) is 55.0 Å². The summed E-state index contributed by atoms with van der Waals surface area (Å²) in [7, 11) is 0. The van der Waals surface area contributed by atoms with Gasteiger partial charge in [0.2, 0.25) is 0 Å². The maximum absolute atomic E-state index is 12.2. The molecule has 1 fully saturated rings. The summed E-state index contributed by atoms with van der Waals surface area (Å²) < 4.78 is 34.2. The predicted octanol–water partition coefficient (Wildman–Crippen LogP) is 2.60. The molecule has 0 bridgehead atoms. The highest BCUT2D eigenvalue weighted by molar-refractivity contribution is 5.68. The van der Waals surface area contributed by atoms with Crippen LogP contribution in [-0.2, 0) is 9.47 Å². The molecular formula is C14H26F2N2O3. The van der Waals surface area contributed by atoms with E-state index in [2.05, 4.69) is 10.1 Å². The van der Waals surface area contributed by atoms with Crippen LogP contribution in [0.2, 0.25) is 0 Å². The number of nitrogens with zero attached hydrogens (tertiary/aromatic N) is 1. The van der Waals surface area contributed by atoms with E-state index in [1.807, 2.05) is 11.8 Å². The number of hydrogen-bond acceptors (Lipinski definition) is 4. The maximum Gasteiger partial charge on any atom is 0.407 e. The molecule has 5 nitrogen and oxygen atoms in total. The first-order valence-electron chi connectivity index (χ1n) is 7.31. The molecule has 1 N–H and O–H groups in total. The molecule has 0 saturated carbocycles. The van der Waals surface area contributed by atoms with Crippen LogP contribution in [0, 0.1) is 0 Å². The Morgan fingerprint density at radius 2 is 2.10 bits per heavy atom. The number of ether oxygens (including phenoxy) is 2. The largest absolute Gasteiger partial charge is 0.444 e. The molecule has 1 amide bonds. The topological polar surface area (TPSA) is 50.8 Å². The van der Waals surface area contributed by atoms with E-state index in [4.69, 9.17) is 4.74 Å². The van der Waals surface area contributed by atoms with Crippen molar-refractivity contribution >= 4 is 6.09 Å². The molecule has 124 valence electrons. The number of piperidine rings is 1. The number of carbonyl (C=O) groups excluding carboxylic acids is 1. The molecule has 2 unspecified atom stereocenters. The molecule has 7 heteroatoms. The van der Waals surface area contributed by atoms with Gasteiger partial charge in [0.05, 0.1) is 6.10 Å². The Morgan fingerprint density at radius 1 is 1.43 bits per heavy atom. The Balaban J connectivity index is 2.33. The molecule has 1 aliphatic rings. The molecule has 0 aliphatic carbocycles. The van der Waals surface area contributed by atoms with Gasteiger partial charge in [0.25, 0.3) is 0 Å². The van der Waals surface area contributed by atoms with Gasteiger partial charge in [0.15, 0.2) is 0 Å². The van der Waals surface area contributed by atoms with Gasteiger partial charge in [-0.3, -0.25) is 4.90 Å². The number of alkyl halides is 2. The number of amides is 1. The Hall–Kier alpha value is -0.950. The quantitative estimate of drug-likeness (QED) is 0.848. The minimum atomic E-state index is -2.73. The highest BCUT2D eigenvalue weighted by atomic mass is 19.3. The maximum atomic E-state index is 12.2. The van der Waals surface area contributed by atoms with Crippen LogP contribution in [0.5, 0.6) is 0 Å². The summed E-state index contributed by atoms with van der Waals surface area (Å²) in [6.45, 7) is 6.40. The molecule has 0 radical (unpaired) electrons. The fourth-order valence-corrected chi connectivity index (χ4v) is 2.38. The van der Waals surface area contributed by atoms with Gasteiger partial charge in [-0.05, 0) is 47.1 Å². The van der Waals surface area contributed by atoms with Gasteiger partial charge in [-0.25, -0.2) is 4.79 Å². The summed E-state index contributed by atoms with van der Waals surface area (Å²) in [5.41, 5.74) is -0.537. The number of hydrogen-bond donors (Lipinski definition) is 1. The lowest BCUT2D eigenvalue weighted by Crippen LogP contribution is -2.48. The summed E-state index contributed by atoms with van der Waals surface area (Å²) in [5, 5.41) is 2.75. The molecule has 0 spiro atoms. The van der Waals surface area contributed by atoms with E-state index in [-0.39, 0.29) is 6.04 Å². The normalized spacial score (nSPS) is 22.1. The third-order valence-corrected chi connectivity index (χ3v) is 3.05. The summed E-state index contributed by atoms with van der Waals surface area (Å²) in [6.07, 6.45) is 0.561. The van der Waals surface area contributed by atoms with E-state index in [1.54, 1.807) is 20.8 Å². The lowest BCUT2D eigenvalue weighted by Gasteiger charge is -2.34. The van der Waals surface area contributed by atoms with Crippen LogP contribution in [0.3, 0.4) is 0 Å². The van der Waals surface area contributed by atoms with Crippen molar-refractivity contribution in [3.05, 3.63) is 0 Å². The van der Waals surface area contributed by atoms with Crippen LogP contribution in [0.25, 0.3) is 0 Å². The van der Waals surface area contributed by atoms with Gasteiger partial charge < -0.3 is 14.8 Å². The first-order valence-corrected chi connectivity index (χ1v) is 7.31. The van der Waals surface area contributed by atoms with Crippen LogP contribution >= 0.6 is 0 Å². The zero-order valence-corrected chi connectivity index (χ0v) is 13.2. The van der Waals surface area contributed by atoms with Crippen molar-refractivity contribution in [1.82, 2.24) is 10.2 Å². The molecule has 0 aromatic heterocycles. The predicted molar refractivity (Wildman–Crippen MR) is 75.4 cm³/mol. The number of likely N-dealkylation sites (tertiary alicyclic amines) is 1. The molecule has 21 heavy (non-hydrogen) atoms. The number of carbonyl (C=O) groups is 1. The Labute approximate surface area is 125 Å². The average molecular weight is 308 g/mol. The molecule has 1 aliphatic heterocycles. The average Bonchev–Trinajstić information content (AvgIpc) is 2.24. The molecule has 2 atom stereocenters. The molecule has 0 aromatic carbocycles. The summed E-state index contributed by atoms with van der Waals surface area (Å²) in [5.74, 6) is 0. The van der Waals surface area contributed by atoms with E-state index < -0.39 is 24.4 Å². The summed E-state index contributed by atoms with van der Waals surface area (Å²) in [4.78, 5) is 13.7. The van der Waals surface area contributed by atoms with Crippen molar-refractivity contribution in [2.45, 2.75) is 64.9 Å². The van der Waals surface area contributed by atoms with E-state index in [1.165, 1.54) is 0 Å².